The van der Waals surface area contributed by atoms with Gasteiger partial charge in [-0.3, -0.25) is 48.1 Å². The van der Waals surface area contributed by atoms with Crippen LogP contribution < -0.4 is 48.3 Å². The highest BCUT2D eigenvalue weighted by molar-refractivity contribution is 7.90. The molecule has 11 atom stereocenters. The number of methoxy groups -OCH3 is 2. The molecule has 0 radical (unpaired) electrons. The van der Waals surface area contributed by atoms with Crippen LogP contribution in [0.25, 0.3) is 10.4 Å². The van der Waals surface area contributed by atoms with Gasteiger partial charge in [-0.25, -0.2) is 27.9 Å². The number of aromatic nitrogens is 5. The Hall–Kier alpha value is -9.44. The summed E-state index contributed by atoms with van der Waals surface area (Å²) in [6.45, 7) is 17.0. The molecular formula is C73H116N20O16S. The number of nitrogens with zero attached hydrogens (tertiary/aromatic N) is 11. The van der Waals surface area contributed by atoms with Crippen LogP contribution in [0.4, 0.5) is 10.5 Å². The fourth-order valence-corrected chi connectivity index (χ4v) is 13.3. The molecule has 36 nitrogen and oxygen atoms in total. The number of ether oxygens (including phenoxy) is 4. The van der Waals surface area contributed by atoms with E-state index in [2.05, 4.69) is 84.7 Å². The lowest BCUT2D eigenvalue weighted by Crippen LogP contribution is -2.59. The summed E-state index contributed by atoms with van der Waals surface area (Å²) in [6, 6.07) is 0.455. The standard InChI is InChI=1S/C73H116N20O16S/c1-16-48(8)65(91(12)71(102)63(46(4)5)86-70(101)64(47(6)7)90(10)11)57(106-13)37-61(97)93-32-21-24-56(93)66(107-14)49(9)67(98)83-53(41-81-88-75)36-50-26-28-52(29-27-50)82-68(99)55(23-20-30-77-72(74)103)84-69(100)62(45(2)3)85-60(96)44-109-43-59(95)76-31-34-108-35-33-92-42-54(87-89-92)40-78-58(94)25-19-17-18-22-51-38-79-73(80-39-51)110(15,104)105/h26-29,38-39,42,45-49,53,55-57,62-66H,16-17,19-21,23-25,30-37,40-41,43-44H2,1-15H3,(H,76,95)(H,78,94)(H,82,99)(H,83,98)(H,84,100)(H,85,96)(H,86,101)(H3,74,77,103)/t48-,49+,53-,55-,56-,57+,62-,63-,64-,65-,66+/m0/s1. The second-order valence-electron chi connectivity index (χ2n) is 28.7. The molecule has 0 saturated carbocycles. The van der Waals surface area contributed by atoms with E-state index in [0.717, 1.165) is 6.26 Å². The van der Waals surface area contributed by atoms with Gasteiger partial charge >= 0.3 is 6.03 Å². The van der Waals surface area contributed by atoms with Crippen molar-refractivity contribution in [1.82, 2.24) is 76.9 Å². The summed E-state index contributed by atoms with van der Waals surface area (Å²) in [5.41, 5.74) is 16.7. The topological polar surface area (TPSA) is 479 Å². The smallest absolute Gasteiger partial charge is 0.312 e. The maximum Gasteiger partial charge on any atom is 0.312 e. The van der Waals surface area contributed by atoms with Gasteiger partial charge in [0.25, 0.3) is 0 Å². The van der Waals surface area contributed by atoms with Crippen molar-refractivity contribution < 1.29 is 75.3 Å². The molecule has 3 aromatic rings. The van der Waals surface area contributed by atoms with Crippen molar-refractivity contribution in [2.24, 2.45) is 40.4 Å². The summed E-state index contributed by atoms with van der Waals surface area (Å²) in [5, 5.41) is 33.7. The third-order valence-electron chi connectivity index (χ3n) is 18.7. The third kappa shape index (κ3) is 31.5. The summed E-state index contributed by atoms with van der Waals surface area (Å²) in [7, 11) is 4.83. The molecule has 10 N–H and O–H groups in total. The lowest BCUT2D eigenvalue weighted by atomic mass is 9.89. The zero-order chi connectivity index (χ0) is 81.8. The number of hydrogen-bond acceptors (Lipinski definition) is 22. The van der Waals surface area contributed by atoms with E-state index in [4.69, 9.17) is 24.7 Å². The molecule has 37 heteroatoms. The zero-order valence-corrected chi connectivity index (χ0v) is 67.0. The van der Waals surface area contributed by atoms with Gasteiger partial charge in [-0.05, 0) is 99.5 Å². The van der Waals surface area contributed by atoms with Crippen LogP contribution in [-0.4, -0.2) is 256 Å². The number of primary amides is 1. The van der Waals surface area contributed by atoms with Crippen LogP contribution in [0.5, 0.6) is 0 Å². The third-order valence-corrected chi connectivity index (χ3v) is 19.6. The summed E-state index contributed by atoms with van der Waals surface area (Å²) in [6.07, 6.45) is 7.16. The molecule has 110 heavy (non-hydrogen) atoms. The Morgan fingerprint density at radius 3 is 2.07 bits per heavy atom. The van der Waals surface area contributed by atoms with Crippen LogP contribution in [0.3, 0.4) is 0 Å². The Morgan fingerprint density at radius 1 is 0.782 bits per heavy atom. The molecule has 1 fully saturated rings. The minimum atomic E-state index is -3.51. The van der Waals surface area contributed by atoms with E-state index in [1.807, 2.05) is 60.5 Å². The summed E-state index contributed by atoms with van der Waals surface area (Å²) < 4.78 is 47.7. The maximum absolute atomic E-state index is 14.6. The Bertz CT molecular complexity index is 3710. The van der Waals surface area contributed by atoms with Gasteiger partial charge in [-0.15, -0.1) is 5.10 Å². The molecule has 1 aromatic carbocycles. The van der Waals surface area contributed by atoms with Crippen LogP contribution >= 0.6 is 0 Å². The summed E-state index contributed by atoms with van der Waals surface area (Å²) in [4.78, 5) is 150. The number of carbonyl (C=O) groups excluding carboxylic acids is 10. The molecule has 0 unspecified atom stereocenters. The molecule has 1 aliphatic heterocycles. The van der Waals surface area contributed by atoms with Crippen molar-refractivity contribution in [1.29, 1.82) is 0 Å². The van der Waals surface area contributed by atoms with Crippen molar-refractivity contribution in [2.75, 3.05) is 99.5 Å². The quantitative estimate of drug-likeness (QED) is 0.00976. The maximum atomic E-state index is 14.6. The van der Waals surface area contributed by atoms with E-state index >= 15 is 0 Å². The Kier molecular flexibility index (Phi) is 40.2. The van der Waals surface area contributed by atoms with E-state index in [9.17, 15) is 61.9 Å². The average molecular weight is 1560 g/mol. The number of nitrogens with two attached hydrogens (primary N) is 1. The minimum Gasteiger partial charge on any atom is -0.379 e. The number of amides is 11. The predicted octanol–water partition coefficient (Wildman–Crippen LogP) is 2.16. The number of likely N-dealkylation sites (tertiary alicyclic amines) is 1. The number of unbranched alkanes of at least 4 members (excludes halogenated alkanes) is 1. The SMILES string of the molecule is CC[C@H](C)[C@@H]([C@@H](CC(=O)N1CCC[C@H]1[C@H](OC)[C@@H](C)C(=O)N[C@H](CN=[N+]=[N-])Cc1ccc(NC(=O)[C@H](CCCNC(N)=O)NC(=O)[C@@H](NC(=O)COCC(=O)NCCOCCn2cc(CNC(=O)CCCC#Cc3cnc(S(C)(=O)=O)nc3)nn2)C(C)C)cc1)OC)N(C)C(=O)[C@@H](NC(=O)[C@H](C(C)C)N(C)C)C(C)C. The predicted molar refractivity (Wildman–Crippen MR) is 408 cm³/mol. The van der Waals surface area contributed by atoms with Crippen LogP contribution in [-0.2, 0) is 91.4 Å². The number of hydrogen-bond donors (Lipinski definition) is 9. The number of nitrogens with one attached hydrogen (secondary N) is 8. The second-order valence-corrected chi connectivity index (χ2v) is 30.6. The van der Waals surface area contributed by atoms with Gasteiger partial charge < -0.3 is 77.0 Å². The molecule has 0 bridgehead atoms. The fraction of sp³-hybridized carbons (Fsp3) is 0.671. The van der Waals surface area contributed by atoms with Crippen molar-refractivity contribution >= 4 is 74.7 Å². The highest BCUT2D eigenvalue weighted by atomic mass is 32.2. The van der Waals surface area contributed by atoms with Gasteiger partial charge in [0, 0.05) is 95.6 Å². The molecule has 11 amide bonds. The molecule has 4 rings (SSSR count). The summed E-state index contributed by atoms with van der Waals surface area (Å²) in [5.74, 6) is 0.0927. The normalized spacial score (nSPS) is 15.6. The van der Waals surface area contributed by atoms with E-state index < -0.39 is 125 Å². The van der Waals surface area contributed by atoms with E-state index in [1.54, 1.807) is 72.8 Å². The number of azide groups is 1. The number of sulfone groups is 1. The number of benzene rings is 1. The lowest BCUT2D eigenvalue weighted by molar-refractivity contribution is -0.148. The van der Waals surface area contributed by atoms with Gasteiger partial charge in [-0.1, -0.05) is 103 Å². The van der Waals surface area contributed by atoms with E-state index in [-0.39, 0.29) is 118 Å². The van der Waals surface area contributed by atoms with Gasteiger partial charge in [0.15, 0.2) is 0 Å². The van der Waals surface area contributed by atoms with Gasteiger partial charge in [-0.2, -0.15) is 0 Å². The number of anilines is 1. The Morgan fingerprint density at radius 2 is 1.46 bits per heavy atom. The Balaban J connectivity index is 1.27. The molecule has 610 valence electrons. The van der Waals surface area contributed by atoms with Crippen molar-refractivity contribution in [3.63, 3.8) is 0 Å². The molecule has 0 aliphatic carbocycles. The minimum absolute atomic E-state index is 0.0159. The Labute approximate surface area is 645 Å². The van der Waals surface area contributed by atoms with Crippen molar-refractivity contribution in [3.8, 4) is 11.8 Å². The van der Waals surface area contributed by atoms with E-state index in [1.165, 1.54) is 26.6 Å². The number of likely N-dealkylation sites (N-methyl/N-ethyl adjacent to an activating group) is 2. The van der Waals surface area contributed by atoms with E-state index in [0.29, 0.717) is 67.7 Å². The number of carbonyl (C=O) groups is 10. The molecule has 2 aromatic heterocycles. The first-order chi connectivity index (χ1) is 52.1. The zero-order valence-electron chi connectivity index (χ0n) is 66.2. The van der Waals surface area contributed by atoms with Crippen LogP contribution in [0, 0.1) is 41.4 Å². The average Bonchev–Trinajstić information content (AvgIpc) is 0.887. The first-order valence-electron chi connectivity index (χ1n) is 37.2. The molecule has 3 heterocycles. The molecule has 1 aliphatic rings. The monoisotopic (exact) mass is 1560 g/mol. The highest BCUT2D eigenvalue weighted by Gasteiger charge is 2.44. The van der Waals surface area contributed by atoms with Gasteiger partial charge in [0.2, 0.25) is 68.2 Å². The second kappa shape index (κ2) is 47.6. The van der Waals surface area contributed by atoms with Gasteiger partial charge in [0.1, 0.15) is 37.0 Å². The summed E-state index contributed by atoms with van der Waals surface area (Å²) >= 11 is 0. The highest BCUT2D eigenvalue weighted by Crippen LogP contribution is 2.30. The van der Waals surface area contributed by atoms with Crippen molar-refractivity contribution in [2.45, 2.75) is 199 Å². The van der Waals surface area contributed by atoms with Crippen LogP contribution in [0.1, 0.15) is 137 Å². The fourth-order valence-electron chi connectivity index (χ4n) is 12.8. The lowest BCUT2D eigenvalue weighted by Gasteiger charge is -2.41. The number of urea groups is 1. The first-order valence-corrected chi connectivity index (χ1v) is 39.0. The van der Waals surface area contributed by atoms with Crippen molar-refractivity contribution in [3.05, 3.63) is 70.1 Å². The van der Waals surface area contributed by atoms with Crippen LogP contribution in [0.2, 0.25) is 0 Å². The molecule has 0 spiro atoms. The van der Waals surface area contributed by atoms with Crippen LogP contribution in [0.15, 0.2) is 53.1 Å². The first kappa shape index (κ1) is 92.9. The number of rotatable bonds is 48. The largest absolute Gasteiger partial charge is 0.379 e. The molecular weight excluding hydrogens is 1440 g/mol. The molecule has 1 saturated heterocycles. The van der Waals surface area contributed by atoms with Gasteiger partial charge in [0.05, 0.1) is 80.7 Å².